The van der Waals surface area contributed by atoms with Gasteiger partial charge in [-0.15, -0.1) is 0 Å². The lowest BCUT2D eigenvalue weighted by atomic mass is 10.2. The molecule has 0 aromatic carbocycles. The SMILES string of the molecule is CCc1nc(N(CCCC(=O)O)C(C)C)cc(=O)[nH]1. The zero-order valence-corrected chi connectivity index (χ0v) is 11.6. The third-order valence-electron chi connectivity index (χ3n) is 2.82. The Morgan fingerprint density at radius 1 is 1.53 bits per heavy atom. The lowest BCUT2D eigenvalue weighted by Crippen LogP contribution is -2.34. The van der Waals surface area contributed by atoms with Gasteiger partial charge in [0.05, 0.1) is 0 Å². The Labute approximate surface area is 112 Å². The van der Waals surface area contributed by atoms with Crippen LogP contribution in [0.25, 0.3) is 0 Å². The molecular formula is C13H21N3O3. The van der Waals surface area contributed by atoms with Crippen LogP contribution < -0.4 is 10.5 Å². The van der Waals surface area contributed by atoms with Gasteiger partial charge in [-0.05, 0) is 20.3 Å². The summed E-state index contributed by atoms with van der Waals surface area (Å²) in [5, 5.41) is 8.67. The number of hydrogen-bond donors (Lipinski definition) is 2. The molecule has 1 heterocycles. The molecule has 0 saturated heterocycles. The second-order valence-electron chi connectivity index (χ2n) is 4.69. The Balaban J connectivity index is 2.89. The van der Waals surface area contributed by atoms with Crippen molar-refractivity contribution >= 4 is 11.8 Å². The molecule has 6 nitrogen and oxygen atoms in total. The monoisotopic (exact) mass is 267 g/mol. The molecule has 0 unspecified atom stereocenters. The predicted octanol–water partition coefficient (Wildman–Crippen LogP) is 1.41. The number of H-pyrrole nitrogens is 1. The highest BCUT2D eigenvalue weighted by Crippen LogP contribution is 2.13. The second-order valence-corrected chi connectivity index (χ2v) is 4.69. The molecule has 0 aliphatic carbocycles. The van der Waals surface area contributed by atoms with Crippen molar-refractivity contribution < 1.29 is 9.90 Å². The maximum Gasteiger partial charge on any atom is 0.303 e. The van der Waals surface area contributed by atoms with E-state index in [9.17, 15) is 9.59 Å². The zero-order chi connectivity index (χ0) is 14.4. The third kappa shape index (κ3) is 4.73. The van der Waals surface area contributed by atoms with Gasteiger partial charge >= 0.3 is 5.97 Å². The fraction of sp³-hybridized carbons (Fsp3) is 0.615. The van der Waals surface area contributed by atoms with Gasteiger partial charge in [0.2, 0.25) is 0 Å². The second kappa shape index (κ2) is 6.92. The third-order valence-corrected chi connectivity index (χ3v) is 2.82. The van der Waals surface area contributed by atoms with Crippen LogP contribution in [0.2, 0.25) is 0 Å². The van der Waals surface area contributed by atoms with E-state index >= 15 is 0 Å². The van der Waals surface area contributed by atoms with Crippen molar-refractivity contribution in [3.05, 3.63) is 22.2 Å². The summed E-state index contributed by atoms with van der Waals surface area (Å²) in [5.41, 5.74) is -0.175. The number of anilines is 1. The first-order chi connectivity index (χ1) is 8.93. The van der Waals surface area contributed by atoms with E-state index in [1.54, 1.807) is 0 Å². The maximum atomic E-state index is 11.6. The van der Waals surface area contributed by atoms with Crippen molar-refractivity contribution in [3.8, 4) is 0 Å². The number of aromatic nitrogens is 2. The zero-order valence-electron chi connectivity index (χ0n) is 11.6. The van der Waals surface area contributed by atoms with Gasteiger partial charge in [-0.2, -0.15) is 0 Å². The number of aryl methyl sites for hydroxylation is 1. The molecule has 1 aromatic heterocycles. The Morgan fingerprint density at radius 2 is 2.21 bits per heavy atom. The van der Waals surface area contributed by atoms with Gasteiger partial charge < -0.3 is 15.0 Å². The van der Waals surface area contributed by atoms with Crippen LogP contribution in [-0.4, -0.2) is 33.6 Å². The molecule has 2 N–H and O–H groups in total. The smallest absolute Gasteiger partial charge is 0.303 e. The lowest BCUT2D eigenvalue weighted by molar-refractivity contribution is -0.137. The molecule has 0 aliphatic heterocycles. The predicted molar refractivity (Wildman–Crippen MR) is 73.6 cm³/mol. The number of hydrogen-bond acceptors (Lipinski definition) is 4. The molecule has 0 fully saturated rings. The minimum absolute atomic E-state index is 0.118. The van der Waals surface area contributed by atoms with Crippen molar-refractivity contribution in [2.24, 2.45) is 0 Å². The number of nitrogens with zero attached hydrogens (tertiary/aromatic N) is 2. The van der Waals surface area contributed by atoms with Crippen LogP contribution >= 0.6 is 0 Å². The van der Waals surface area contributed by atoms with Crippen molar-refractivity contribution in [1.82, 2.24) is 9.97 Å². The van der Waals surface area contributed by atoms with Gasteiger partial charge in [-0.25, -0.2) is 4.98 Å². The van der Waals surface area contributed by atoms with Gasteiger partial charge in [0.1, 0.15) is 11.6 Å². The summed E-state index contributed by atoms with van der Waals surface area (Å²) in [4.78, 5) is 31.1. The van der Waals surface area contributed by atoms with Gasteiger partial charge in [-0.1, -0.05) is 6.92 Å². The summed E-state index contributed by atoms with van der Waals surface area (Å²) in [7, 11) is 0. The Hall–Kier alpha value is -1.85. The molecule has 19 heavy (non-hydrogen) atoms. The van der Waals surface area contributed by atoms with Crippen molar-refractivity contribution in [1.29, 1.82) is 0 Å². The fourth-order valence-electron chi connectivity index (χ4n) is 1.85. The molecule has 0 spiro atoms. The summed E-state index contributed by atoms with van der Waals surface area (Å²) in [6.45, 7) is 6.49. The molecule has 106 valence electrons. The number of aliphatic carboxylic acids is 1. The van der Waals surface area contributed by atoms with Crippen LogP contribution in [0.1, 0.15) is 39.4 Å². The quantitative estimate of drug-likeness (QED) is 0.780. The van der Waals surface area contributed by atoms with Gasteiger partial charge in [0.25, 0.3) is 5.56 Å². The van der Waals surface area contributed by atoms with E-state index in [1.165, 1.54) is 6.07 Å². The normalized spacial score (nSPS) is 10.7. The standard InChI is InChI=1S/C13H21N3O3/c1-4-10-14-11(8-12(17)15-10)16(9(2)3)7-5-6-13(18)19/h8-9H,4-7H2,1-3H3,(H,18,19)(H,14,15,17). The molecule has 1 aromatic rings. The first-order valence-corrected chi connectivity index (χ1v) is 6.52. The summed E-state index contributed by atoms with van der Waals surface area (Å²) < 4.78 is 0. The van der Waals surface area contributed by atoms with Gasteiger partial charge in [-0.3, -0.25) is 9.59 Å². The first-order valence-electron chi connectivity index (χ1n) is 6.52. The van der Waals surface area contributed by atoms with Gasteiger partial charge in [0, 0.05) is 31.5 Å². The molecule has 1 rings (SSSR count). The molecule has 6 heteroatoms. The summed E-state index contributed by atoms with van der Waals surface area (Å²) >= 11 is 0. The summed E-state index contributed by atoms with van der Waals surface area (Å²) in [6.07, 6.45) is 1.31. The Bertz CT molecular complexity index is 482. The minimum atomic E-state index is -0.808. The molecule has 0 atom stereocenters. The van der Waals surface area contributed by atoms with Crippen molar-refractivity contribution in [2.75, 3.05) is 11.4 Å². The highest BCUT2D eigenvalue weighted by atomic mass is 16.4. The van der Waals surface area contributed by atoms with Crippen LogP contribution in [0, 0.1) is 0 Å². The van der Waals surface area contributed by atoms with E-state index in [2.05, 4.69) is 9.97 Å². The topological polar surface area (TPSA) is 86.3 Å². The fourth-order valence-corrected chi connectivity index (χ4v) is 1.85. The summed E-state index contributed by atoms with van der Waals surface area (Å²) in [6, 6.07) is 1.62. The lowest BCUT2D eigenvalue weighted by Gasteiger charge is -2.27. The number of carboxylic acids is 1. The number of carboxylic acid groups (broad SMARTS) is 1. The molecule has 0 amide bonds. The van der Waals surface area contributed by atoms with Crippen LogP contribution in [0.4, 0.5) is 5.82 Å². The first kappa shape index (κ1) is 15.2. The number of carbonyl (C=O) groups is 1. The van der Waals surface area contributed by atoms with Gasteiger partial charge in [0.15, 0.2) is 0 Å². The molecule has 0 saturated carbocycles. The highest BCUT2D eigenvalue weighted by Gasteiger charge is 2.13. The van der Waals surface area contributed by atoms with Crippen LogP contribution in [0.5, 0.6) is 0 Å². The summed E-state index contributed by atoms with van der Waals surface area (Å²) in [5.74, 6) is 0.448. The highest BCUT2D eigenvalue weighted by molar-refractivity contribution is 5.66. The van der Waals surface area contributed by atoms with Crippen LogP contribution in [0.3, 0.4) is 0 Å². The van der Waals surface area contributed by atoms with E-state index in [0.717, 1.165) is 0 Å². The van der Waals surface area contributed by atoms with E-state index < -0.39 is 5.97 Å². The Morgan fingerprint density at radius 3 is 2.74 bits per heavy atom. The average Bonchev–Trinajstić information content (AvgIpc) is 2.32. The Kier molecular flexibility index (Phi) is 5.54. The number of nitrogens with one attached hydrogen (secondary N) is 1. The molecule has 0 radical (unpaired) electrons. The van der Waals surface area contributed by atoms with E-state index in [0.29, 0.717) is 31.0 Å². The molecule has 0 bridgehead atoms. The van der Waals surface area contributed by atoms with Crippen LogP contribution in [-0.2, 0) is 11.2 Å². The van der Waals surface area contributed by atoms with E-state index in [-0.39, 0.29) is 18.0 Å². The van der Waals surface area contributed by atoms with E-state index in [4.69, 9.17) is 5.11 Å². The largest absolute Gasteiger partial charge is 0.481 e. The maximum absolute atomic E-state index is 11.6. The van der Waals surface area contributed by atoms with Crippen LogP contribution in [0.15, 0.2) is 10.9 Å². The minimum Gasteiger partial charge on any atom is -0.481 e. The molecular weight excluding hydrogens is 246 g/mol. The number of rotatable bonds is 7. The number of aromatic amines is 1. The average molecular weight is 267 g/mol. The van der Waals surface area contributed by atoms with E-state index in [1.807, 2.05) is 25.7 Å². The molecule has 0 aliphatic rings. The van der Waals surface area contributed by atoms with Crippen molar-refractivity contribution in [2.45, 2.75) is 46.1 Å². The van der Waals surface area contributed by atoms with Crippen molar-refractivity contribution in [3.63, 3.8) is 0 Å².